The number of rotatable bonds is 6. The van der Waals surface area contributed by atoms with Gasteiger partial charge >= 0.3 is 6.03 Å². The van der Waals surface area contributed by atoms with Crippen molar-refractivity contribution in [2.75, 3.05) is 19.7 Å². The molecule has 1 heterocycles. The molecule has 1 aliphatic rings. The first kappa shape index (κ1) is 16.8. The molecule has 0 saturated carbocycles. The van der Waals surface area contributed by atoms with Crippen LogP contribution in [0, 0.1) is 6.92 Å². The van der Waals surface area contributed by atoms with Crippen molar-refractivity contribution >= 4 is 6.03 Å². The molecule has 1 aliphatic heterocycles. The Bertz CT molecular complexity index is 493. The fourth-order valence-corrected chi connectivity index (χ4v) is 2.70. The van der Waals surface area contributed by atoms with E-state index in [1.54, 1.807) is 4.90 Å². The van der Waals surface area contributed by atoms with E-state index in [2.05, 4.69) is 24.4 Å². The predicted molar refractivity (Wildman–Crippen MR) is 85.6 cm³/mol. The van der Waals surface area contributed by atoms with Gasteiger partial charge in [-0.05, 0) is 37.8 Å². The average Bonchev–Trinajstić information content (AvgIpc) is 3.00. The molecule has 22 heavy (non-hydrogen) atoms. The molecule has 0 radical (unpaired) electrons. The summed E-state index contributed by atoms with van der Waals surface area (Å²) < 4.78 is 5.63. The number of hydrogen-bond acceptors (Lipinski definition) is 3. The Balaban J connectivity index is 1.83. The van der Waals surface area contributed by atoms with Gasteiger partial charge in [-0.3, -0.25) is 0 Å². The molecule has 1 aromatic rings. The molecule has 0 spiro atoms. The summed E-state index contributed by atoms with van der Waals surface area (Å²) in [6.45, 7) is 5.86. The van der Waals surface area contributed by atoms with Gasteiger partial charge < -0.3 is 20.1 Å². The normalized spacial score (nSPS) is 20.9. The number of amides is 2. The fraction of sp³-hybridized carbons (Fsp3) is 0.588. The van der Waals surface area contributed by atoms with Gasteiger partial charge in [-0.2, -0.15) is 0 Å². The van der Waals surface area contributed by atoms with Crippen molar-refractivity contribution in [1.29, 1.82) is 0 Å². The predicted octanol–water partition coefficient (Wildman–Crippen LogP) is 2.07. The van der Waals surface area contributed by atoms with Gasteiger partial charge in [0.15, 0.2) is 0 Å². The van der Waals surface area contributed by atoms with Crippen LogP contribution in [0.4, 0.5) is 4.79 Å². The first-order chi connectivity index (χ1) is 10.6. The summed E-state index contributed by atoms with van der Waals surface area (Å²) in [6, 6.07) is 8.04. The highest BCUT2D eigenvalue weighted by Gasteiger charge is 2.25. The number of hydrogen-bond donors (Lipinski definition) is 2. The zero-order valence-corrected chi connectivity index (χ0v) is 13.4. The number of aryl methyl sites for hydroxylation is 1. The molecule has 0 aliphatic carbocycles. The van der Waals surface area contributed by atoms with Crippen molar-refractivity contribution in [3.8, 4) is 0 Å². The summed E-state index contributed by atoms with van der Waals surface area (Å²) in [5, 5.41) is 12.0. The minimum absolute atomic E-state index is 0.0123. The second-order valence-electron chi connectivity index (χ2n) is 5.77. The number of nitrogens with zero attached hydrogens (tertiary/aromatic N) is 1. The van der Waals surface area contributed by atoms with E-state index >= 15 is 0 Å². The Hall–Kier alpha value is -1.59. The maximum atomic E-state index is 12.3. The van der Waals surface area contributed by atoms with Crippen LogP contribution >= 0.6 is 0 Å². The van der Waals surface area contributed by atoms with Gasteiger partial charge in [0, 0.05) is 19.6 Å². The number of ether oxygens (including phenoxy) is 1. The summed E-state index contributed by atoms with van der Waals surface area (Å²) in [4.78, 5) is 14.1. The van der Waals surface area contributed by atoms with Crippen molar-refractivity contribution in [3.63, 3.8) is 0 Å². The van der Waals surface area contributed by atoms with Gasteiger partial charge in [-0.25, -0.2) is 4.79 Å². The maximum absolute atomic E-state index is 12.3. The zero-order valence-electron chi connectivity index (χ0n) is 13.4. The Labute approximate surface area is 132 Å². The monoisotopic (exact) mass is 306 g/mol. The van der Waals surface area contributed by atoms with Crippen molar-refractivity contribution in [2.45, 2.75) is 45.4 Å². The summed E-state index contributed by atoms with van der Waals surface area (Å²) in [5.41, 5.74) is 2.36. The van der Waals surface area contributed by atoms with Crippen LogP contribution in [-0.4, -0.2) is 47.9 Å². The molecule has 1 aromatic carbocycles. The SMILES string of the molecule is CCN(Cc1ccccc1C)C(=O)NC[C@H]1CC[C@@H](CO)O1. The third kappa shape index (κ3) is 4.45. The number of carbonyl (C=O) groups is 1. The lowest BCUT2D eigenvalue weighted by molar-refractivity contribution is 0.0129. The molecule has 2 rings (SSSR count). The largest absolute Gasteiger partial charge is 0.394 e. The summed E-state index contributed by atoms with van der Waals surface area (Å²) in [5.74, 6) is 0. The second-order valence-corrected chi connectivity index (χ2v) is 5.77. The van der Waals surface area contributed by atoms with Crippen LogP contribution in [0.25, 0.3) is 0 Å². The van der Waals surface area contributed by atoms with Crippen molar-refractivity contribution in [2.24, 2.45) is 0 Å². The minimum atomic E-state index is -0.0730. The fourth-order valence-electron chi connectivity index (χ4n) is 2.70. The Kier molecular flexibility index (Phi) is 6.21. The lowest BCUT2D eigenvalue weighted by Gasteiger charge is -2.23. The average molecular weight is 306 g/mol. The van der Waals surface area contributed by atoms with E-state index in [1.807, 2.05) is 19.1 Å². The number of aliphatic hydroxyl groups is 1. The van der Waals surface area contributed by atoms with Crippen molar-refractivity contribution in [3.05, 3.63) is 35.4 Å². The molecule has 2 atom stereocenters. The highest BCUT2D eigenvalue weighted by molar-refractivity contribution is 5.74. The van der Waals surface area contributed by atoms with Crippen LogP contribution in [0.1, 0.15) is 30.9 Å². The summed E-state index contributed by atoms with van der Waals surface area (Å²) in [6.07, 6.45) is 1.68. The van der Waals surface area contributed by atoms with Gasteiger partial charge in [-0.1, -0.05) is 24.3 Å². The zero-order chi connectivity index (χ0) is 15.9. The van der Waals surface area contributed by atoms with Crippen LogP contribution in [0.3, 0.4) is 0 Å². The van der Waals surface area contributed by atoms with E-state index in [-0.39, 0.29) is 24.8 Å². The number of nitrogens with one attached hydrogen (secondary N) is 1. The lowest BCUT2D eigenvalue weighted by atomic mass is 10.1. The number of aliphatic hydroxyl groups excluding tert-OH is 1. The molecule has 0 aromatic heterocycles. The molecule has 5 nitrogen and oxygen atoms in total. The lowest BCUT2D eigenvalue weighted by Crippen LogP contribution is -2.42. The number of carbonyl (C=O) groups excluding carboxylic acids is 1. The van der Waals surface area contributed by atoms with E-state index in [0.717, 1.165) is 18.4 Å². The molecule has 1 fully saturated rings. The Morgan fingerprint density at radius 3 is 2.73 bits per heavy atom. The molecule has 1 saturated heterocycles. The third-order valence-electron chi connectivity index (χ3n) is 4.17. The van der Waals surface area contributed by atoms with Crippen molar-refractivity contribution in [1.82, 2.24) is 10.2 Å². The molecular formula is C17H26N2O3. The van der Waals surface area contributed by atoms with E-state index in [0.29, 0.717) is 19.6 Å². The Morgan fingerprint density at radius 2 is 2.09 bits per heavy atom. The first-order valence-electron chi connectivity index (χ1n) is 7.97. The van der Waals surface area contributed by atoms with Crippen molar-refractivity contribution < 1.29 is 14.6 Å². The molecule has 122 valence electrons. The molecule has 5 heteroatoms. The number of benzene rings is 1. The van der Waals surface area contributed by atoms with Gasteiger partial charge in [0.1, 0.15) is 0 Å². The number of urea groups is 1. The van der Waals surface area contributed by atoms with E-state index < -0.39 is 0 Å². The topological polar surface area (TPSA) is 61.8 Å². The third-order valence-corrected chi connectivity index (χ3v) is 4.17. The van der Waals surface area contributed by atoms with Gasteiger partial charge in [-0.15, -0.1) is 0 Å². The van der Waals surface area contributed by atoms with E-state index in [1.165, 1.54) is 5.56 Å². The summed E-state index contributed by atoms with van der Waals surface area (Å²) >= 11 is 0. The molecule has 2 amide bonds. The maximum Gasteiger partial charge on any atom is 0.317 e. The standard InChI is InChI=1S/C17H26N2O3/c1-3-19(11-14-7-5-4-6-13(14)2)17(21)18-10-15-8-9-16(12-20)22-15/h4-7,15-16,20H,3,8-12H2,1-2H3,(H,18,21)/t15-,16+/m1/s1. The smallest absolute Gasteiger partial charge is 0.317 e. The van der Waals surface area contributed by atoms with E-state index in [4.69, 9.17) is 9.84 Å². The van der Waals surface area contributed by atoms with Crippen LogP contribution in [0.15, 0.2) is 24.3 Å². The highest BCUT2D eigenvalue weighted by Crippen LogP contribution is 2.18. The van der Waals surface area contributed by atoms with Crippen LogP contribution in [0.5, 0.6) is 0 Å². The minimum Gasteiger partial charge on any atom is -0.394 e. The summed E-state index contributed by atoms with van der Waals surface area (Å²) in [7, 11) is 0. The first-order valence-corrected chi connectivity index (χ1v) is 7.97. The van der Waals surface area contributed by atoms with Crippen LogP contribution in [0.2, 0.25) is 0 Å². The molecule has 0 bridgehead atoms. The molecule has 2 N–H and O–H groups in total. The Morgan fingerprint density at radius 1 is 1.36 bits per heavy atom. The molecule has 0 unspecified atom stereocenters. The van der Waals surface area contributed by atoms with E-state index in [9.17, 15) is 4.79 Å². The van der Waals surface area contributed by atoms with Gasteiger partial charge in [0.25, 0.3) is 0 Å². The van der Waals surface area contributed by atoms with Gasteiger partial charge in [0.05, 0.1) is 18.8 Å². The van der Waals surface area contributed by atoms with Gasteiger partial charge in [0.2, 0.25) is 0 Å². The quantitative estimate of drug-likeness (QED) is 0.846. The highest BCUT2D eigenvalue weighted by atomic mass is 16.5. The van der Waals surface area contributed by atoms with Crippen LogP contribution in [-0.2, 0) is 11.3 Å². The van der Waals surface area contributed by atoms with Crippen LogP contribution < -0.4 is 5.32 Å². The molecular weight excluding hydrogens is 280 g/mol. The second kappa shape index (κ2) is 8.15.